The van der Waals surface area contributed by atoms with E-state index in [0.717, 1.165) is 17.0 Å². The lowest BCUT2D eigenvalue weighted by Gasteiger charge is -1.86. The van der Waals surface area contributed by atoms with Crippen molar-refractivity contribution < 1.29 is 4.52 Å². The van der Waals surface area contributed by atoms with Crippen LogP contribution in [0.4, 0.5) is 0 Å². The molecule has 0 fully saturated rings. The van der Waals surface area contributed by atoms with E-state index < -0.39 is 0 Å². The predicted molar refractivity (Wildman–Crippen MR) is 64.6 cm³/mol. The lowest BCUT2D eigenvalue weighted by molar-refractivity contribution is 0.422. The Morgan fingerprint density at radius 1 is 1.47 bits per heavy atom. The first kappa shape index (κ1) is 10.2. The average molecular weight is 246 g/mol. The van der Waals surface area contributed by atoms with E-state index >= 15 is 0 Å². The topological polar surface area (TPSA) is 67.6 Å². The number of nitrogens with one attached hydrogen (secondary N) is 1. The van der Waals surface area contributed by atoms with Crippen LogP contribution in [0.2, 0.25) is 0 Å². The van der Waals surface area contributed by atoms with Crippen molar-refractivity contribution in [2.75, 3.05) is 0 Å². The third-order valence-corrected chi connectivity index (χ3v) is 3.27. The molecule has 6 heteroatoms. The molecule has 0 aromatic carbocycles. The number of aromatic nitrogens is 4. The summed E-state index contributed by atoms with van der Waals surface area (Å²) in [4.78, 5) is 5.37. The van der Waals surface area contributed by atoms with Crippen LogP contribution in [0.1, 0.15) is 12.7 Å². The van der Waals surface area contributed by atoms with Gasteiger partial charge in [-0.05, 0) is 17.5 Å². The highest BCUT2D eigenvalue weighted by Gasteiger charge is 2.12. The van der Waals surface area contributed by atoms with Gasteiger partial charge in [-0.2, -0.15) is 10.1 Å². The molecule has 0 atom stereocenters. The van der Waals surface area contributed by atoms with E-state index in [1.54, 1.807) is 11.3 Å². The maximum atomic E-state index is 5.13. The smallest absolute Gasteiger partial charge is 0.278 e. The molecule has 1 N–H and O–H groups in total. The highest BCUT2D eigenvalue weighted by atomic mass is 32.1. The van der Waals surface area contributed by atoms with Crippen molar-refractivity contribution in [3.63, 3.8) is 0 Å². The molecular formula is C11H10N4OS. The standard InChI is InChI=1S/C11H10N4OS/c1-2-10-12-11(16-15-10)8-6-7(13-14-8)9-4-3-5-17-9/h3-6H,2H2,1H3,(H,13,14). The van der Waals surface area contributed by atoms with Crippen molar-refractivity contribution in [1.29, 1.82) is 0 Å². The van der Waals surface area contributed by atoms with Gasteiger partial charge in [-0.3, -0.25) is 5.10 Å². The maximum absolute atomic E-state index is 5.13. The summed E-state index contributed by atoms with van der Waals surface area (Å²) in [6.45, 7) is 1.98. The van der Waals surface area contributed by atoms with E-state index in [4.69, 9.17) is 4.52 Å². The third kappa shape index (κ3) is 1.87. The second-order valence-electron chi connectivity index (χ2n) is 3.51. The molecule has 3 aromatic heterocycles. The summed E-state index contributed by atoms with van der Waals surface area (Å²) in [5.74, 6) is 1.15. The molecule has 0 saturated heterocycles. The summed E-state index contributed by atoms with van der Waals surface area (Å²) in [6.07, 6.45) is 0.756. The fourth-order valence-corrected chi connectivity index (χ4v) is 2.18. The molecule has 3 rings (SSSR count). The van der Waals surface area contributed by atoms with E-state index in [1.165, 1.54) is 0 Å². The second kappa shape index (κ2) is 4.14. The number of nitrogens with zero attached hydrogens (tertiary/aromatic N) is 3. The number of aromatic amines is 1. The molecular weight excluding hydrogens is 236 g/mol. The molecule has 17 heavy (non-hydrogen) atoms. The molecule has 3 aromatic rings. The molecule has 0 spiro atoms. The minimum Gasteiger partial charge on any atom is -0.332 e. The monoisotopic (exact) mass is 246 g/mol. The van der Waals surface area contributed by atoms with Crippen molar-refractivity contribution in [2.24, 2.45) is 0 Å². The summed E-state index contributed by atoms with van der Waals surface area (Å²) in [5.41, 5.74) is 1.65. The first-order valence-corrected chi connectivity index (χ1v) is 6.17. The van der Waals surface area contributed by atoms with Crippen LogP contribution in [0.3, 0.4) is 0 Å². The van der Waals surface area contributed by atoms with Gasteiger partial charge in [0.15, 0.2) is 11.5 Å². The zero-order chi connectivity index (χ0) is 11.7. The summed E-state index contributed by atoms with van der Waals surface area (Å²) < 4.78 is 5.13. The second-order valence-corrected chi connectivity index (χ2v) is 4.46. The summed E-state index contributed by atoms with van der Waals surface area (Å²) >= 11 is 1.66. The van der Waals surface area contributed by atoms with Crippen LogP contribution in [0.5, 0.6) is 0 Å². The fraction of sp³-hybridized carbons (Fsp3) is 0.182. The van der Waals surface area contributed by atoms with Gasteiger partial charge in [0, 0.05) is 6.42 Å². The summed E-state index contributed by atoms with van der Waals surface area (Å²) in [5, 5.41) is 13.0. The van der Waals surface area contributed by atoms with Crippen LogP contribution in [-0.4, -0.2) is 20.3 Å². The van der Waals surface area contributed by atoms with Gasteiger partial charge in [0.1, 0.15) is 0 Å². The van der Waals surface area contributed by atoms with Gasteiger partial charge in [0.2, 0.25) is 0 Å². The first-order valence-electron chi connectivity index (χ1n) is 5.29. The Morgan fingerprint density at radius 3 is 3.12 bits per heavy atom. The predicted octanol–water partition coefficient (Wildman–Crippen LogP) is 2.75. The van der Waals surface area contributed by atoms with Crippen LogP contribution in [0.25, 0.3) is 22.2 Å². The normalized spacial score (nSPS) is 10.9. The Hall–Kier alpha value is -1.95. The molecule has 0 aliphatic heterocycles. The van der Waals surface area contributed by atoms with Gasteiger partial charge in [0.05, 0.1) is 10.6 Å². The number of hydrogen-bond donors (Lipinski definition) is 1. The van der Waals surface area contributed by atoms with Crippen LogP contribution in [0, 0.1) is 0 Å². The molecule has 0 radical (unpaired) electrons. The van der Waals surface area contributed by atoms with Crippen molar-refractivity contribution in [1.82, 2.24) is 20.3 Å². The number of H-pyrrole nitrogens is 1. The summed E-state index contributed by atoms with van der Waals surface area (Å²) in [6, 6.07) is 5.95. The lowest BCUT2D eigenvalue weighted by Crippen LogP contribution is -1.82. The van der Waals surface area contributed by atoms with Crippen molar-refractivity contribution in [2.45, 2.75) is 13.3 Å². The Balaban J connectivity index is 1.94. The van der Waals surface area contributed by atoms with Crippen molar-refractivity contribution in [3.05, 3.63) is 29.4 Å². The van der Waals surface area contributed by atoms with E-state index in [2.05, 4.69) is 20.3 Å². The van der Waals surface area contributed by atoms with E-state index in [1.807, 2.05) is 30.5 Å². The van der Waals surface area contributed by atoms with E-state index in [9.17, 15) is 0 Å². The summed E-state index contributed by atoms with van der Waals surface area (Å²) in [7, 11) is 0. The van der Waals surface area contributed by atoms with Crippen LogP contribution in [-0.2, 0) is 6.42 Å². The lowest BCUT2D eigenvalue weighted by atomic mass is 10.3. The third-order valence-electron chi connectivity index (χ3n) is 2.37. The van der Waals surface area contributed by atoms with Gasteiger partial charge < -0.3 is 4.52 Å². The number of rotatable bonds is 3. The van der Waals surface area contributed by atoms with Gasteiger partial charge in [0.25, 0.3) is 5.89 Å². The van der Waals surface area contributed by atoms with Crippen molar-refractivity contribution in [3.8, 4) is 22.2 Å². The minimum atomic E-state index is 0.459. The average Bonchev–Trinajstić information content (AvgIpc) is 3.09. The number of thiophene rings is 1. The first-order chi connectivity index (χ1) is 8.36. The fourth-order valence-electron chi connectivity index (χ4n) is 1.49. The SMILES string of the molecule is CCc1noc(-c2cc(-c3cccs3)[nH]n2)n1. The number of hydrogen-bond acceptors (Lipinski definition) is 5. The Morgan fingerprint density at radius 2 is 2.41 bits per heavy atom. The molecule has 86 valence electrons. The molecule has 0 aliphatic rings. The Labute approximate surface area is 101 Å². The largest absolute Gasteiger partial charge is 0.332 e. The van der Waals surface area contributed by atoms with Gasteiger partial charge >= 0.3 is 0 Å². The number of aryl methyl sites for hydroxylation is 1. The molecule has 3 heterocycles. The van der Waals surface area contributed by atoms with Gasteiger partial charge in [-0.1, -0.05) is 18.1 Å². The van der Waals surface area contributed by atoms with Gasteiger partial charge in [-0.25, -0.2) is 0 Å². The molecule has 0 bridgehead atoms. The molecule has 0 saturated carbocycles. The van der Waals surface area contributed by atoms with Crippen LogP contribution >= 0.6 is 11.3 Å². The quantitative estimate of drug-likeness (QED) is 0.771. The Kier molecular flexibility index (Phi) is 2.49. The van der Waals surface area contributed by atoms with E-state index in [0.29, 0.717) is 17.4 Å². The molecule has 0 aliphatic carbocycles. The maximum Gasteiger partial charge on any atom is 0.278 e. The van der Waals surface area contributed by atoms with Crippen LogP contribution < -0.4 is 0 Å². The molecule has 0 amide bonds. The molecule has 0 unspecified atom stereocenters. The Bertz CT molecular complexity index is 611. The minimum absolute atomic E-state index is 0.459. The zero-order valence-electron chi connectivity index (χ0n) is 9.17. The molecule has 5 nitrogen and oxygen atoms in total. The highest BCUT2D eigenvalue weighted by molar-refractivity contribution is 7.13. The highest BCUT2D eigenvalue weighted by Crippen LogP contribution is 2.26. The zero-order valence-corrected chi connectivity index (χ0v) is 9.99. The van der Waals surface area contributed by atoms with Crippen LogP contribution in [0.15, 0.2) is 28.1 Å². The van der Waals surface area contributed by atoms with E-state index in [-0.39, 0.29) is 0 Å². The van der Waals surface area contributed by atoms with Gasteiger partial charge in [-0.15, -0.1) is 11.3 Å². The van der Waals surface area contributed by atoms with Crippen molar-refractivity contribution >= 4 is 11.3 Å².